The van der Waals surface area contributed by atoms with Crippen molar-refractivity contribution < 1.29 is 14.3 Å². The average molecular weight is 368 g/mol. The zero-order valence-corrected chi connectivity index (χ0v) is 15.8. The van der Waals surface area contributed by atoms with Crippen molar-refractivity contribution >= 4 is 17.9 Å². The molecule has 144 valence electrons. The van der Waals surface area contributed by atoms with Gasteiger partial charge in [0.1, 0.15) is 6.10 Å². The highest BCUT2D eigenvalue weighted by molar-refractivity contribution is 5.82. The smallest absolute Gasteiger partial charge is 0.251 e. The Balaban J connectivity index is 1.30. The van der Waals surface area contributed by atoms with E-state index in [-0.39, 0.29) is 23.3 Å². The van der Waals surface area contributed by atoms with Crippen LogP contribution in [0.5, 0.6) is 0 Å². The van der Waals surface area contributed by atoms with Crippen molar-refractivity contribution in [1.29, 1.82) is 0 Å². The summed E-state index contributed by atoms with van der Waals surface area (Å²) in [5.41, 5.74) is 1.20. The maximum atomic E-state index is 12.5. The lowest BCUT2D eigenvalue weighted by molar-refractivity contribution is -0.143. The van der Waals surface area contributed by atoms with Gasteiger partial charge in [-0.2, -0.15) is 0 Å². The molecule has 3 heterocycles. The summed E-state index contributed by atoms with van der Waals surface area (Å²) in [7, 11) is 0. The summed E-state index contributed by atoms with van der Waals surface area (Å²) in [5.74, 6) is 0.390. The van der Waals surface area contributed by atoms with E-state index in [4.69, 9.17) is 4.74 Å². The van der Waals surface area contributed by atoms with E-state index < -0.39 is 0 Å². The summed E-state index contributed by atoms with van der Waals surface area (Å²) in [4.78, 5) is 28.9. The molecule has 3 aliphatic rings. The van der Waals surface area contributed by atoms with Crippen molar-refractivity contribution in [2.75, 3.05) is 32.8 Å². The Kier molecular flexibility index (Phi) is 5.30. The lowest BCUT2D eigenvalue weighted by Crippen LogP contribution is -2.47. The fourth-order valence-electron chi connectivity index (χ4n) is 4.54. The fraction of sp³-hybridized carbons (Fsp3) is 0.545. The summed E-state index contributed by atoms with van der Waals surface area (Å²) in [6, 6.07) is 10.2. The molecule has 0 aromatic heterocycles. The molecule has 1 atom stereocenters. The zero-order valence-electron chi connectivity index (χ0n) is 15.8. The molecule has 27 heavy (non-hydrogen) atoms. The molecule has 5 nitrogen and oxygen atoms in total. The van der Waals surface area contributed by atoms with Crippen molar-refractivity contribution in [3.05, 3.63) is 42.0 Å². The highest BCUT2D eigenvalue weighted by Gasteiger charge is 2.45. The predicted octanol–water partition coefficient (Wildman–Crippen LogP) is 2.72. The number of carbonyl (C=O) groups excluding carboxylic acids is 2. The highest BCUT2D eigenvalue weighted by Crippen LogP contribution is 2.41. The molecule has 0 saturated carbocycles. The number of amides is 2. The third-order valence-corrected chi connectivity index (χ3v) is 6.18. The fourth-order valence-corrected chi connectivity index (χ4v) is 4.54. The van der Waals surface area contributed by atoms with Gasteiger partial charge in [-0.25, -0.2) is 0 Å². The molecular weight excluding hydrogens is 340 g/mol. The number of piperidine rings is 1. The molecule has 1 spiro atoms. The minimum absolute atomic E-state index is 0.0466. The van der Waals surface area contributed by atoms with Gasteiger partial charge in [-0.15, -0.1) is 0 Å². The Morgan fingerprint density at radius 2 is 2.00 bits per heavy atom. The van der Waals surface area contributed by atoms with Crippen LogP contribution in [0.15, 0.2) is 36.4 Å². The molecule has 0 bridgehead atoms. The number of benzene rings is 1. The first kappa shape index (κ1) is 18.2. The minimum Gasteiger partial charge on any atom is -0.368 e. The first-order chi connectivity index (χ1) is 13.2. The predicted molar refractivity (Wildman–Crippen MR) is 104 cm³/mol. The molecule has 0 aliphatic carbocycles. The topological polar surface area (TPSA) is 49.9 Å². The van der Waals surface area contributed by atoms with Gasteiger partial charge in [0.2, 0.25) is 5.91 Å². The van der Waals surface area contributed by atoms with E-state index in [1.165, 1.54) is 0 Å². The minimum atomic E-state index is -0.233. The van der Waals surface area contributed by atoms with Crippen LogP contribution >= 0.6 is 0 Å². The average Bonchev–Trinajstić information content (AvgIpc) is 3.32. The molecule has 5 heteroatoms. The largest absolute Gasteiger partial charge is 0.368 e. The Morgan fingerprint density at radius 1 is 1.22 bits per heavy atom. The van der Waals surface area contributed by atoms with Gasteiger partial charge in [0.05, 0.1) is 0 Å². The van der Waals surface area contributed by atoms with Crippen LogP contribution in [0.1, 0.15) is 37.7 Å². The van der Waals surface area contributed by atoms with Gasteiger partial charge in [0.25, 0.3) is 5.91 Å². The third kappa shape index (κ3) is 4.08. The van der Waals surface area contributed by atoms with Crippen molar-refractivity contribution in [3.63, 3.8) is 0 Å². The van der Waals surface area contributed by atoms with Crippen LogP contribution in [0.2, 0.25) is 0 Å². The van der Waals surface area contributed by atoms with Gasteiger partial charge in [0, 0.05) is 44.6 Å². The number of hydrogen-bond acceptors (Lipinski definition) is 3. The second-order valence-electron chi connectivity index (χ2n) is 8.09. The summed E-state index contributed by atoms with van der Waals surface area (Å²) in [6.45, 7) is 3.68. The van der Waals surface area contributed by atoms with Crippen LogP contribution in [-0.4, -0.2) is 60.5 Å². The molecule has 3 aliphatic heterocycles. The molecule has 2 amide bonds. The Labute approximate surface area is 161 Å². The van der Waals surface area contributed by atoms with Gasteiger partial charge < -0.3 is 14.5 Å². The van der Waals surface area contributed by atoms with Crippen LogP contribution < -0.4 is 0 Å². The molecule has 1 aromatic rings. The van der Waals surface area contributed by atoms with Gasteiger partial charge in [0.15, 0.2) is 0 Å². The first-order valence-corrected chi connectivity index (χ1v) is 10.1. The normalized spacial score (nSPS) is 25.0. The van der Waals surface area contributed by atoms with E-state index in [9.17, 15) is 9.59 Å². The van der Waals surface area contributed by atoms with Crippen LogP contribution in [0.4, 0.5) is 0 Å². The maximum Gasteiger partial charge on any atom is 0.251 e. The van der Waals surface area contributed by atoms with Gasteiger partial charge in [-0.05, 0) is 31.2 Å². The van der Waals surface area contributed by atoms with Crippen LogP contribution in [0.3, 0.4) is 0 Å². The molecular formula is C22H28N2O3. The molecule has 0 N–H and O–H groups in total. The van der Waals surface area contributed by atoms with E-state index in [0.717, 1.165) is 50.9 Å². The zero-order chi connectivity index (χ0) is 18.7. The second kappa shape index (κ2) is 7.85. The summed E-state index contributed by atoms with van der Waals surface area (Å²) >= 11 is 0. The number of carbonyl (C=O) groups is 2. The quantitative estimate of drug-likeness (QED) is 0.821. The van der Waals surface area contributed by atoms with Crippen molar-refractivity contribution in [2.24, 2.45) is 5.41 Å². The number of hydrogen-bond donors (Lipinski definition) is 0. The lowest BCUT2D eigenvalue weighted by atomic mass is 9.77. The summed E-state index contributed by atoms with van der Waals surface area (Å²) in [5, 5.41) is 0. The molecule has 0 radical (unpaired) electrons. The standard InChI is InChI=1S/C22H28N2O3/c25-20-16-22(17-24(20)12-4-8-18-6-2-1-3-7-18)10-13-23(14-11-22)21(26)19-9-5-15-27-19/h1-4,6-8,19H,5,9-17H2/b8-4+/t19-/m0/s1. The maximum absolute atomic E-state index is 12.5. The highest BCUT2D eigenvalue weighted by atomic mass is 16.5. The van der Waals surface area contributed by atoms with Gasteiger partial charge in [-0.3, -0.25) is 9.59 Å². The van der Waals surface area contributed by atoms with Gasteiger partial charge in [-0.1, -0.05) is 42.5 Å². The van der Waals surface area contributed by atoms with Crippen molar-refractivity contribution in [1.82, 2.24) is 9.80 Å². The number of likely N-dealkylation sites (tertiary alicyclic amines) is 2. The first-order valence-electron chi connectivity index (χ1n) is 10.1. The summed E-state index contributed by atoms with van der Waals surface area (Å²) < 4.78 is 5.54. The molecule has 0 unspecified atom stereocenters. The van der Waals surface area contributed by atoms with Gasteiger partial charge >= 0.3 is 0 Å². The molecule has 1 aromatic carbocycles. The number of nitrogens with zero attached hydrogens (tertiary/aromatic N) is 2. The Bertz CT molecular complexity index is 702. The molecule has 4 rings (SSSR count). The molecule has 3 fully saturated rings. The van der Waals surface area contributed by atoms with E-state index in [0.29, 0.717) is 19.6 Å². The van der Waals surface area contributed by atoms with Crippen LogP contribution in [0.25, 0.3) is 6.08 Å². The Hall–Kier alpha value is -2.14. The van der Waals surface area contributed by atoms with E-state index in [1.54, 1.807) is 0 Å². The van der Waals surface area contributed by atoms with Crippen LogP contribution in [-0.2, 0) is 14.3 Å². The lowest BCUT2D eigenvalue weighted by Gasteiger charge is -2.39. The molecule has 3 saturated heterocycles. The monoisotopic (exact) mass is 368 g/mol. The Morgan fingerprint density at radius 3 is 2.70 bits per heavy atom. The van der Waals surface area contributed by atoms with Crippen LogP contribution in [0, 0.1) is 5.41 Å². The second-order valence-corrected chi connectivity index (χ2v) is 8.09. The SMILES string of the molecule is O=C1CC2(CCN(C(=O)[C@@H]3CCCO3)CC2)CN1C/C=C/c1ccccc1. The van der Waals surface area contributed by atoms with Crippen molar-refractivity contribution in [2.45, 2.75) is 38.2 Å². The van der Waals surface area contributed by atoms with E-state index in [1.807, 2.05) is 28.0 Å². The van der Waals surface area contributed by atoms with E-state index in [2.05, 4.69) is 24.3 Å². The number of rotatable bonds is 4. The third-order valence-electron chi connectivity index (χ3n) is 6.18. The number of ether oxygens (including phenoxy) is 1. The summed E-state index contributed by atoms with van der Waals surface area (Å²) in [6.07, 6.45) is 8.18. The van der Waals surface area contributed by atoms with Crippen molar-refractivity contribution in [3.8, 4) is 0 Å². The van der Waals surface area contributed by atoms with E-state index >= 15 is 0 Å².